The normalized spacial score (nSPS) is 12.9. The summed E-state index contributed by atoms with van der Waals surface area (Å²) in [6.45, 7) is 8.85. The maximum atomic E-state index is 12.2. The Labute approximate surface area is 115 Å². The van der Waals surface area contributed by atoms with Crippen LogP contribution in [0.25, 0.3) is 0 Å². The molecule has 1 aromatic heterocycles. The highest BCUT2D eigenvalue weighted by Gasteiger charge is 2.22. The Morgan fingerprint density at radius 2 is 2.00 bits per heavy atom. The highest BCUT2D eigenvalue weighted by atomic mass is 32.2. The van der Waals surface area contributed by atoms with Gasteiger partial charge in [0.05, 0.1) is 11.5 Å². The summed E-state index contributed by atoms with van der Waals surface area (Å²) < 4.78 is 28.7. The minimum atomic E-state index is -3.51. The Kier molecular flexibility index (Phi) is 5.18. The maximum Gasteiger partial charge on any atom is 0.242 e. The van der Waals surface area contributed by atoms with Crippen LogP contribution in [0.4, 0.5) is 0 Å². The third kappa shape index (κ3) is 4.06. The van der Waals surface area contributed by atoms with Gasteiger partial charge in [-0.2, -0.15) is 0 Å². The molecule has 0 aromatic carbocycles. The lowest BCUT2D eigenvalue weighted by atomic mass is 9.91. The lowest BCUT2D eigenvalue weighted by molar-refractivity contribution is 0.271. The summed E-state index contributed by atoms with van der Waals surface area (Å²) in [6, 6.07) is 1.52. The number of aryl methyl sites for hydroxylation is 1. The average Bonchev–Trinajstić information content (AvgIpc) is 2.80. The van der Waals surface area contributed by atoms with Crippen LogP contribution in [0.3, 0.4) is 0 Å². The first kappa shape index (κ1) is 16.2. The van der Waals surface area contributed by atoms with Gasteiger partial charge in [-0.25, -0.2) is 13.1 Å². The molecule has 110 valence electrons. The number of nitrogens with zero attached hydrogens (tertiary/aromatic N) is 1. The maximum absolute atomic E-state index is 12.2. The molecule has 0 radical (unpaired) electrons. The fraction of sp³-hybridized carbons (Fsp3) is 0.692. The molecule has 1 aromatic rings. The van der Waals surface area contributed by atoms with Gasteiger partial charge in [-0.15, -0.1) is 0 Å². The lowest BCUT2D eigenvalue weighted by Crippen LogP contribution is -2.33. The molecule has 0 spiro atoms. The second-order valence-electron chi connectivity index (χ2n) is 5.45. The molecule has 0 aliphatic carbocycles. The van der Waals surface area contributed by atoms with Crippen molar-refractivity contribution in [1.29, 1.82) is 0 Å². The van der Waals surface area contributed by atoms with Crippen LogP contribution in [0.1, 0.15) is 39.8 Å². The Morgan fingerprint density at radius 1 is 1.37 bits per heavy atom. The number of aliphatic hydroxyl groups excluding tert-OH is 1. The van der Waals surface area contributed by atoms with Gasteiger partial charge in [-0.1, -0.05) is 20.8 Å². The van der Waals surface area contributed by atoms with Crippen molar-refractivity contribution in [3.8, 4) is 0 Å². The van der Waals surface area contributed by atoms with E-state index in [0.29, 0.717) is 18.8 Å². The van der Waals surface area contributed by atoms with Crippen LogP contribution in [-0.4, -0.2) is 24.6 Å². The summed E-state index contributed by atoms with van der Waals surface area (Å²) in [7, 11) is -3.51. The first-order valence-corrected chi connectivity index (χ1v) is 8.03. The fourth-order valence-electron chi connectivity index (χ4n) is 1.60. The summed E-state index contributed by atoms with van der Waals surface area (Å²) in [5.41, 5.74) is 0.540. The summed E-state index contributed by atoms with van der Waals surface area (Å²) in [6.07, 6.45) is 2.46. The van der Waals surface area contributed by atoms with Gasteiger partial charge in [0.2, 0.25) is 10.0 Å². The Bertz CT molecular complexity index is 496. The van der Waals surface area contributed by atoms with Gasteiger partial charge in [0.15, 0.2) is 0 Å². The van der Waals surface area contributed by atoms with E-state index in [0.717, 1.165) is 6.42 Å². The van der Waals surface area contributed by atoms with E-state index in [9.17, 15) is 13.5 Å². The molecule has 2 N–H and O–H groups in total. The molecule has 1 rings (SSSR count). The number of hydrogen-bond acceptors (Lipinski definition) is 3. The van der Waals surface area contributed by atoms with E-state index in [1.807, 2.05) is 27.7 Å². The van der Waals surface area contributed by atoms with Crippen molar-refractivity contribution in [2.24, 2.45) is 5.41 Å². The number of hydrogen-bond donors (Lipinski definition) is 2. The number of aliphatic hydroxyl groups is 1. The van der Waals surface area contributed by atoms with Crippen LogP contribution >= 0.6 is 0 Å². The highest BCUT2D eigenvalue weighted by molar-refractivity contribution is 7.89. The molecule has 0 aliphatic heterocycles. The summed E-state index contributed by atoms with van der Waals surface area (Å²) in [5.74, 6) is 0. The van der Waals surface area contributed by atoms with Crippen molar-refractivity contribution in [2.75, 3.05) is 6.54 Å². The Morgan fingerprint density at radius 3 is 2.42 bits per heavy atom. The van der Waals surface area contributed by atoms with Crippen molar-refractivity contribution >= 4 is 10.0 Å². The van der Waals surface area contributed by atoms with Gasteiger partial charge in [-0.05, 0) is 24.8 Å². The number of rotatable bonds is 7. The average molecular weight is 288 g/mol. The van der Waals surface area contributed by atoms with Gasteiger partial charge < -0.3 is 9.67 Å². The summed E-state index contributed by atoms with van der Waals surface area (Å²) in [5, 5.41) is 9.19. The van der Waals surface area contributed by atoms with Crippen molar-refractivity contribution in [3.63, 3.8) is 0 Å². The molecule has 1 heterocycles. The fourth-order valence-corrected chi connectivity index (χ4v) is 2.90. The van der Waals surface area contributed by atoms with Gasteiger partial charge in [0.1, 0.15) is 0 Å². The Balaban J connectivity index is 2.92. The molecular formula is C13H24N2O3S. The molecule has 0 saturated carbocycles. The second-order valence-corrected chi connectivity index (χ2v) is 7.22. The lowest BCUT2D eigenvalue weighted by Gasteiger charge is -2.22. The molecule has 6 heteroatoms. The molecule has 0 atom stereocenters. The van der Waals surface area contributed by atoms with Crippen molar-refractivity contribution < 1.29 is 13.5 Å². The zero-order chi connectivity index (χ0) is 14.7. The molecule has 0 fully saturated rings. The largest absolute Gasteiger partial charge is 0.390 e. The molecule has 19 heavy (non-hydrogen) atoms. The molecule has 0 saturated heterocycles. The molecule has 0 bridgehead atoms. The topological polar surface area (TPSA) is 71.3 Å². The molecule has 0 unspecified atom stereocenters. The van der Waals surface area contributed by atoms with E-state index >= 15 is 0 Å². The van der Waals surface area contributed by atoms with Gasteiger partial charge >= 0.3 is 0 Å². The minimum absolute atomic E-state index is 0.0692. The molecule has 0 amide bonds. The predicted octanol–water partition coefficient (Wildman–Crippen LogP) is 1.71. The minimum Gasteiger partial charge on any atom is -0.390 e. The van der Waals surface area contributed by atoms with Crippen LogP contribution in [0.15, 0.2) is 17.2 Å². The van der Waals surface area contributed by atoms with Crippen LogP contribution in [0.2, 0.25) is 0 Å². The van der Waals surface area contributed by atoms with Gasteiger partial charge in [-0.3, -0.25) is 0 Å². The predicted molar refractivity (Wildman–Crippen MR) is 75.3 cm³/mol. The summed E-state index contributed by atoms with van der Waals surface area (Å²) in [4.78, 5) is 0.213. The smallest absolute Gasteiger partial charge is 0.242 e. The number of aromatic nitrogens is 1. The third-order valence-corrected chi connectivity index (χ3v) is 4.84. The quantitative estimate of drug-likeness (QED) is 0.802. The monoisotopic (exact) mass is 288 g/mol. The van der Waals surface area contributed by atoms with Crippen LogP contribution in [0, 0.1) is 5.41 Å². The van der Waals surface area contributed by atoms with Crippen LogP contribution < -0.4 is 4.72 Å². The van der Waals surface area contributed by atoms with Gasteiger partial charge in [0, 0.05) is 25.0 Å². The number of sulfonamides is 1. The second kappa shape index (κ2) is 6.07. The van der Waals surface area contributed by atoms with Crippen LogP contribution in [0.5, 0.6) is 0 Å². The molecular weight excluding hydrogens is 264 g/mol. The zero-order valence-electron chi connectivity index (χ0n) is 12.1. The van der Waals surface area contributed by atoms with E-state index in [2.05, 4.69) is 4.72 Å². The van der Waals surface area contributed by atoms with Crippen LogP contribution in [-0.2, 0) is 23.2 Å². The Hall–Kier alpha value is -0.850. The third-order valence-electron chi connectivity index (χ3n) is 3.47. The van der Waals surface area contributed by atoms with Crippen molar-refractivity contribution in [2.45, 2.75) is 52.2 Å². The van der Waals surface area contributed by atoms with E-state index in [1.165, 1.54) is 6.07 Å². The van der Waals surface area contributed by atoms with E-state index < -0.39 is 10.0 Å². The SMILES string of the molecule is CCn1cc(S(=O)(=O)NCC(C)(C)CC)cc1CO. The van der Waals surface area contributed by atoms with E-state index in [-0.39, 0.29) is 16.9 Å². The number of nitrogens with one attached hydrogen (secondary N) is 1. The standard InChI is InChI=1S/C13H24N2O3S/c1-5-13(3,4)10-14-19(17,18)12-7-11(9-16)15(6-2)8-12/h7-8,14,16H,5-6,9-10H2,1-4H3. The van der Waals surface area contributed by atoms with Gasteiger partial charge in [0.25, 0.3) is 0 Å². The molecule has 5 nitrogen and oxygen atoms in total. The summed E-state index contributed by atoms with van der Waals surface area (Å²) >= 11 is 0. The zero-order valence-corrected chi connectivity index (χ0v) is 12.9. The van der Waals surface area contributed by atoms with Crippen molar-refractivity contribution in [3.05, 3.63) is 18.0 Å². The highest BCUT2D eigenvalue weighted by Crippen LogP contribution is 2.20. The first-order valence-electron chi connectivity index (χ1n) is 6.55. The van der Waals surface area contributed by atoms with Crippen molar-refractivity contribution in [1.82, 2.24) is 9.29 Å². The van der Waals surface area contributed by atoms with E-state index in [1.54, 1.807) is 10.8 Å². The van der Waals surface area contributed by atoms with E-state index in [4.69, 9.17) is 0 Å². The molecule has 0 aliphatic rings. The first-order chi connectivity index (χ1) is 8.75.